The molecular weight excluding hydrogens is 392 g/mol. The molecule has 2 aromatic carbocycles. The van der Waals surface area contributed by atoms with Crippen LogP contribution < -0.4 is 0 Å². The van der Waals surface area contributed by atoms with E-state index in [1.54, 1.807) is 0 Å². The van der Waals surface area contributed by atoms with Gasteiger partial charge in [0, 0.05) is 28.1 Å². The highest BCUT2D eigenvalue weighted by Gasteiger charge is 2.16. The molecule has 160 valence electrons. The minimum Gasteiger partial charge on any atom is -0.437 e. The topological polar surface area (TPSA) is 38.9 Å². The third-order valence-corrected chi connectivity index (χ3v) is 5.94. The summed E-state index contributed by atoms with van der Waals surface area (Å²) in [5, 5.41) is 2.10. The number of nitrogens with zero attached hydrogens (tertiary/aromatic N) is 2. The van der Waals surface area contributed by atoms with Crippen LogP contribution in [0.15, 0.2) is 71.3 Å². The largest absolute Gasteiger partial charge is 0.437 e. The summed E-state index contributed by atoms with van der Waals surface area (Å²) in [6.45, 7) is 11.0. The summed E-state index contributed by atoms with van der Waals surface area (Å²) in [6.07, 6.45) is 2.99. The highest BCUT2D eigenvalue weighted by Crippen LogP contribution is 2.36. The Balaban J connectivity index is 1.62. The number of rotatable bonds is 3. The second kappa shape index (κ2) is 7.59. The lowest BCUT2D eigenvalue weighted by Crippen LogP contribution is -2.09. The molecule has 0 fully saturated rings. The zero-order chi connectivity index (χ0) is 22.5. The molecule has 3 nitrogen and oxygen atoms in total. The molecule has 32 heavy (non-hydrogen) atoms. The average Bonchev–Trinajstić information content (AvgIpc) is 3.11. The molecule has 5 aromatic rings. The fraction of sp³-hybridized carbons (Fsp3) is 0.241. The van der Waals surface area contributed by atoms with E-state index in [0.29, 0.717) is 5.71 Å². The third-order valence-electron chi connectivity index (χ3n) is 5.94. The quantitative estimate of drug-likeness (QED) is 0.297. The van der Waals surface area contributed by atoms with Crippen LogP contribution in [0.4, 0.5) is 0 Å². The smallest absolute Gasteiger partial charge is 0.227 e. The van der Waals surface area contributed by atoms with Gasteiger partial charge in [-0.1, -0.05) is 57.2 Å². The fourth-order valence-corrected chi connectivity index (χ4v) is 4.54. The molecule has 0 amide bonds. The van der Waals surface area contributed by atoms with E-state index in [1.165, 1.54) is 22.3 Å². The van der Waals surface area contributed by atoms with Crippen molar-refractivity contribution in [1.82, 2.24) is 9.97 Å². The first-order valence-electron chi connectivity index (χ1n) is 11.1. The highest BCUT2D eigenvalue weighted by molar-refractivity contribution is 6.08. The van der Waals surface area contributed by atoms with E-state index in [-0.39, 0.29) is 5.41 Å². The number of hydrogen-bond donors (Lipinski definition) is 0. The lowest BCUT2D eigenvalue weighted by atomic mass is 9.89. The number of aromatic nitrogens is 2. The van der Waals surface area contributed by atoms with Crippen molar-refractivity contribution in [3.05, 3.63) is 83.6 Å². The van der Waals surface area contributed by atoms with Gasteiger partial charge < -0.3 is 4.42 Å². The van der Waals surface area contributed by atoms with Gasteiger partial charge in [0.1, 0.15) is 5.58 Å². The maximum absolute atomic E-state index is 6.34. The maximum Gasteiger partial charge on any atom is 0.227 e. The van der Waals surface area contributed by atoms with E-state index in [9.17, 15) is 0 Å². The summed E-state index contributed by atoms with van der Waals surface area (Å²) in [4.78, 5) is 9.67. The van der Waals surface area contributed by atoms with Crippen LogP contribution >= 0.6 is 0 Å². The summed E-state index contributed by atoms with van der Waals surface area (Å²) < 4.78 is 6.34. The second-order valence-electron chi connectivity index (χ2n) is 9.89. The van der Waals surface area contributed by atoms with Crippen molar-refractivity contribution in [2.75, 3.05) is 0 Å². The lowest BCUT2D eigenvalue weighted by molar-refractivity contribution is 0.411. The zero-order valence-corrected chi connectivity index (χ0v) is 19.4. The summed E-state index contributed by atoms with van der Waals surface area (Å²) in [5.74, 6) is 0. The van der Waals surface area contributed by atoms with Gasteiger partial charge in [0.05, 0.1) is 11.4 Å². The third kappa shape index (κ3) is 3.69. The Morgan fingerprint density at radius 2 is 1.50 bits per heavy atom. The first-order valence-corrected chi connectivity index (χ1v) is 11.1. The molecule has 0 saturated heterocycles. The van der Waals surface area contributed by atoms with Gasteiger partial charge in [0.2, 0.25) is 5.71 Å². The van der Waals surface area contributed by atoms with Gasteiger partial charge in [-0.25, -0.2) is 4.98 Å². The molecule has 3 heteroatoms. The second-order valence-corrected chi connectivity index (χ2v) is 9.89. The predicted molar refractivity (Wildman–Crippen MR) is 133 cm³/mol. The molecular formula is C29H28N2O. The molecule has 0 saturated carbocycles. The maximum atomic E-state index is 6.34. The van der Waals surface area contributed by atoms with E-state index in [4.69, 9.17) is 14.4 Å². The number of pyridine rings is 2. The van der Waals surface area contributed by atoms with Gasteiger partial charge in [-0.05, 0) is 66.6 Å². The average molecular weight is 421 g/mol. The van der Waals surface area contributed by atoms with Crippen molar-refractivity contribution >= 4 is 22.1 Å². The van der Waals surface area contributed by atoms with Crippen LogP contribution in [0.2, 0.25) is 0 Å². The van der Waals surface area contributed by atoms with Crippen LogP contribution in [0.3, 0.4) is 0 Å². The van der Waals surface area contributed by atoms with Crippen molar-refractivity contribution in [2.45, 2.75) is 41.0 Å². The molecule has 3 heterocycles. The van der Waals surface area contributed by atoms with Crippen molar-refractivity contribution < 1.29 is 4.42 Å². The first-order chi connectivity index (χ1) is 15.3. The lowest BCUT2D eigenvalue weighted by Gasteiger charge is -2.17. The van der Waals surface area contributed by atoms with E-state index in [1.807, 2.05) is 6.20 Å². The minimum atomic E-state index is 0.237. The molecule has 0 aliphatic rings. The fourth-order valence-electron chi connectivity index (χ4n) is 4.54. The molecule has 0 aliphatic carbocycles. The highest BCUT2D eigenvalue weighted by atomic mass is 16.3. The van der Waals surface area contributed by atoms with Gasteiger partial charge in [-0.3, -0.25) is 4.98 Å². The van der Waals surface area contributed by atoms with Gasteiger partial charge in [0.25, 0.3) is 0 Å². The van der Waals surface area contributed by atoms with Gasteiger partial charge in [-0.15, -0.1) is 0 Å². The Hall–Kier alpha value is -3.46. The Kier molecular flexibility index (Phi) is 4.85. The summed E-state index contributed by atoms with van der Waals surface area (Å²) >= 11 is 0. The molecule has 0 atom stereocenters. The number of aryl methyl sites for hydroxylation is 2. The van der Waals surface area contributed by atoms with Crippen molar-refractivity contribution in [1.29, 1.82) is 0 Å². The Morgan fingerprint density at radius 1 is 0.781 bits per heavy atom. The number of furan rings is 1. The normalized spacial score (nSPS) is 12.0. The summed E-state index contributed by atoms with van der Waals surface area (Å²) in [7, 11) is 0. The monoisotopic (exact) mass is 420 g/mol. The van der Waals surface area contributed by atoms with Crippen LogP contribution in [0, 0.1) is 19.3 Å². The van der Waals surface area contributed by atoms with E-state index in [0.717, 1.165) is 39.7 Å². The molecule has 3 aromatic heterocycles. The molecule has 0 spiro atoms. The molecule has 0 aliphatic heterocycles. The first kappa shape index (κ1) is 20.4. The zero-order valence-electron chi connectivity index (χ0n) is 19.4. The predicted octanol–water partition coefficient (Wildman–Crippen LogP) is 7.92. The van der Waals surface area contributed by atoms with E-state index in [2.05, 4.69) is 95.3 Å². The van der Waals surface area contributed by atoms with Crippen LogP contribution in [0.5, 0.6) is 0 Å². The molecule has 0 bridgehead atoms. The Labute approximate surface area is 189 Å². The van der Waals surface area contributed by atoms with E-state index >= 15 is 0 Å². The van der Waals surface area contributed by atoms with Crippen LogP contribution in [-0.2, 0) is 6.42 Å². The van der Waals surface area contributed by atoms with Crippen LogP contribution in [-0.4, -0.2) is 9.97 Å². The molecule has 0 N–H and O–H groups in total. The van der Waals surface area contributed by atoms with Crippen molar-refractivity contribution in [3.63, 3.8) is 0 Å². The van der Waals surface area contributed by atoms with Crippen molar-refractivity contribution in [2.24, 2.45) is 5.41 Å². The SMILES string of the molecule is Cc1cccc(C)c1-c1ccc2c(n1)oc1c(-c3ccc(CC(C)(C)C)cn3)cccc12. The number of hydrogen-bond acceptors (Lipinski definition) is 3. The number of para-hydroxylation sites is 1. The molecule has 0 unspecified atom stereocenters. The Morgan fingerprint density at radius 3 is 2.19 bits per heavy atom. The van der Waals surface area contributed by atoms with Gasteiger partial charge in [-0.2, -0.15) is 0 Å². The number of fused-ring (bicyclic) bond motifs is 3. The van der Waals surface area contributed by atoms with Gasteiger partial charge >= 0.3 is 0 Å². The minimum absolute atomic E-state index is 0.237. The van der Waals surface area contributed by atoms with Gasteiger partial charge in [0.15, 0.2) is 0 Å². The van der Waals surface area contributed by atoms with E-state index < -0.39 is 0 Å². The van der Waals surface area contributed by atoms with Crippen LogP contribution in [0.1, 0.15) is 37.5 Å². The summed E-state index contributed by atoms with van der Waals surface area (Å²) in [6, 6.07) is 21.1. The summed E-state index contributed by atoms with van der Waals surface area (Å²) in [5.41, 5.74) is 9.45. The number of benzene rings is 2. The van der Waals surface area contributed by atoms with Crippen molar-refractivity contribution in [3.8, 4) is 22.5 Å². The molecule has 0 radical (unpaired) electrons. The standard InChI is InChI=1S/C29H28N2O/c1-18-8-6-9-19(2)26(18)25-15-13-22-21-10-7-11-23(27(21)32-28(22)31-25)24-14-12-20(17-30-24)16-29(3,4)5/h6-15,17H,16H2,1-5H3. The Bertz CT molecular complexity index is 1420. The molecule has 5 rings (SSSR count). The van der Waals surface area contributed by atoms with Crippen LogP contribution in [0.25, 0.3) is 44.6 Å².